The Hall–Kier alpha value is -3.34. The van der Waals surface area contributed by atoms with Crippen molar-refractivity contribution in [3.63, 3.8) is 0 Å². The summed E-state index contributed by atoms with van der Waals surface area (Å²) in [6.45, 7) is 2.57. The molecule has 1 aromatic heterocycles. The first-order chi connectivity index (χ1) is 13.6. The predicted molar refractivity (Wildman–Crippen MR) is 108 cm³/mol. The van der Waals surface area contributed by atoms with Crippen LogP contribution in [0.15, 0.2) is 51.7 Å². The van der Waals surface area contributed by atoms with Crippen molar-refractivity contribution in [1.29, 1.82) is 0 Å². The number of carboxylic acid groups (broad SMARTS) is 1. The lowest BCUT2D eigenvalue weighted by molar-refractivity contribution is 0.0697. The Labute approximate surface area is 161 Å². The zero-order valence-electron chi connectivity index (χ0n) is 15.5. The number of ether oxygens (including phenoxy) is 1. The van der Waals surface area contributed by atoms with Crippen molar-refractivity contribution < 1.29 is 19.1 Å². The number of allylic oxidation sites excluding steroid dienone is 1. The Kier molecular flexibility index (Phi) is 4.74. The van der Waals surface area contributed by atoms with Gasteiger partial charge in [0, 0.05) is 5.56 Å². The SMILES string of the molecule is CCOc1ccc(C=C2CCCc3c2oc2ccc(C(=O)O)cc2c3=O)cc1. The number of fused-ring (bicyclic) bond motifs is 2. The van der Waals surface area contributed by atoms with Gasteiger partial charge in [-0.25, -0.2) is 4.79 Å². The molecular formula is C23H20O5. The van der Waals surface area contributed by atoms with Crippen molar-refractivity contribution in [1.82, 2.24) is 0 Å². The van der Waals surface area contributed by atoms with Gasteiger partial charge in [0.05, 0.1) is 17.6 Å². The zero-order valence-corrected chi connectivity index (χ0v) is 15.5. The third-order valence-electron chi connectivity index (χ3n) is 4.93. The summed E-state index contributed by atoms with van der Waals surface area (Å²) >= 11 is 0. The maximum absolute atomic E-state index is 13.0. The summed E-state index contributed by atoms with van der Waals surface area (Å²) in [7, 11) is 0. The second kappa shape index (κ2) is 7.35. The van der Waals surface area contributed by atoms with Crippen LogP contribution in [-0.2, 0) is 6.42 Å². The van der Waals surface area contributed by atoms with Gasteiger partial charge >= 0.3 is 5.97 Å². The van der Waals surface area contributed by atoms with E-state index in [9.17, 15) is 14.7 Å². The minimum absolute atomic E-state index is 0.0840. The van der Waals surface area contributed by atoms with Crippen LogP contribution < -0.4 is 10.2 Å². The van der Waals surface area contributed by atoms with E-state index in [0.717, 1.165) is 29.7 Å². The molecule has 4 rings (SSSR count). The number of rotatable bonds is 4. The van der Waals surface area contributed by atoms with E-state index in [-0.39, 0.29) is 11.0 Å². The normalized spacial score (nSPS) is 14.8. The van der Waals surface area contributed by atoms with E-state index in [4.69, 9.17) is 9.15 Å². The van der Waals surface area contributed by atoms with Gasteiger partial charge in [-0.2, -0.15) is 0 Å². The predicted octanol–water partition coefficient (Wildman–Crippen LogP) is 4.77. The highest BCUT2D eigenvalue weighted by atomic mass is 16.5. The average molecular weight is 376 g/mol. The highest BCUT2D eigenvalue weighted by molar-refractivity contribution is 5.93. The molecule has 1 aliphatic rings. The zero-order chi connectivity index (χ0) is 19.7. The van der Waals surface area contributed by atoms with Crippen molar-refractivity contribution in [2.24, 2.45) is 0 Å². The molecule has 1 heterocycles. The van der Waals surface area contributed by atoms with Crippen molar-refractivity contribution in [3.8, 4) is 5.75 Å². The Balaban J connectivity index is 1.80. The Morgan fingerprint density at radius 2 is 1.96 bits per heavy atom. The Bertz CT molecular complexity index is 1140. The molecule has 5 heteroatoms. The number of hydrogen-bond acceptors (Lipinski definition) is 4. The van der Waals surface area contributed by atoms with Gasteiger partial charge in [-0.15, -0.1) is 0 Å². The summed E-state index contributed by atoms with van der Waals surface area (Å²) in [5, 5.41) is 9.50. The molecule has 0 saturated heterocycles. The van der Waals surface area contributed by atoms with E-state index in [0.29, 0.717) is 35.3 Å². The van der Waals surface area contributed by atoms with Crippen molar-refractivity contribution in [2.45, 2.75) is 26.2 Å². The monoisotopic (exact) mass is 376 g/mol. The number of carbonyl (C=O) groups is 1. The molecule has 0 radical (unpaired) electrons. The number of carboxylic acids is 1. The Morgan fingerprint density at radius 1 is 1.18 bits per heavy atom. The fraction of sp³-hybridized carbons (Fsp3) is 0.217. The van der Waals surface area contributed by atoms with E-state index in [2.05, 4.69) is 0 Å². The van der Waals surface area contributed by atoms with E-state index in [1.165, 1.54) is 12.1 Å². The van der Waals surface area contributed by atoms with E-state index >= 15 is 0 Å². The first-order valence-corrected chi connectivity index (χ1v) is 9.33. The fourth-order valence-electron chi connectivity index (χ4n) is 3.59. The molecule has 0 atom stereocenters. The summed E-state index contributed by atoms with van der Waals surface area (Å²) in [6, 6.07) is 12.2. The standard InChI is InChI=1S/C23H20O5/c1-2-27-17-9-6-14(7-10-17)12-15-4-3-5-18-21(24)19-13-16(23(25)26)8-11-20(19)28-22(15)18/h6-13H,2-5H2,1H3,(H,25,26). The van der Waals surface area contributed by atoms with Gasteiger partial charge < -0.3 is 14.3 Å². The van der Waals surface area contributed by atoms with E-state index < -0.39 is 5.97 Å². The van der Waals surface area contributed by atoms with Crippen LogP contribution in [0.1, 0.15) is 47.0 Å². The van der Waals surface area contributed by atoms with Crippen LogP contribution in [0.5, 0.6) is 5.75 Å². The van der Waals surface area contributed by atoms with Crippen LogP contribution in [0.3, 0.4) is 0 Å². The van der Waals surface area contributed by atoms with E-state index in [1.807, 2.05) is 37.3 Å². The molecule has 1 N–H and O–H groups in total. The molecule has 142 valence electrons. The third-order valence-corrected chi connectivity index (χ3v) is 4.93. The van der Waals surface area contributed by atoms with Crippen LogP contribution >= 0.6 is 0 Å². The topological polar surface area (TPSA) is 76.7 Å². The minimum atomic E-state index is -1.06. The van der Waals surface area contributed by atoms with Gasteiger partial charge in [0.25, 0.3) is 0 Å². The summed E-state index contributed by atoms with van der Waals surface area (Å²) in [6.07, 6.45) is 4.34. The minimum Gasteiger partial charge on any atom is -0.494 e. The highest BCUT2D eigenvalue weighted by Gasteiger charge is 2.22. The molecule has 0 amide bonds. The molecular weight excluding hydrogens is 356 g/mol. The fourth-order valence-corrected chi connectivity index (χ4v) is 3.59. The molecule has 3 aromatic rings. The molecule has 0 unspecified atom stereocenters. The summed E-state index contributed by atoms with van der Waals surface area (Å²) in [5.41, 5.74) is 2.96. The maximum atomic E-state index is 13.0. The number of hydrogen-bond donors (Lipinski definition) is 1. The second-order valence-corrected chi connectivity index (χ2v) is 6.78. The van der Waals surface area contributed by atoms with Gasteiger partial charge in [-0.1, -0.05) is 12.1 Å². The van der Waals surface area contributed by atoms with Gasteiger partial charge in [0.1, 0.15) is 17.1 Å². The van der Waals surface area contributed by atoms with Crippen LogP contribution in [0, 0.1) is 0 Å². The largest absolute Gasteiger partial charge is 0.494 e. The summed E-state index contributed by atoms with van der Waals surface area (Å²) in [5.74, 6) is 0.372. The molecule has 0 bridgehead atoms. The first-order valence-electron chi connectivity index (χ1n) is 9.33. The van der Waals surface area contributed by atoms with Gasteiger partial charge in [0.2, 0.25) is 0 Å². The maximum Gasteiger partial charge on any atom is 0.335 e. The average Bonchev–Trinajstić information content (AvgIpc) is 2.70. The van der Waals surface area contributed by atoms with Crippen LogP contribution in [0.25, 0.3) is 22.6 Å². The summed E-state index contributed by atoms with van der Waals surface area (Å²) < 4.78 is 11.5. The Morgan fingerprint density at radius 3 is 2.68 bits per heavy atom. The molecule has 0 spiro atoms. The molecule has 0 saturated carbocycles. The molecule has 28 heavy (non-hydrogen) atoms. The van der Waals surface area contributed by atoms with Crippen LogP contribution in [0.2, 0.25) is 0 Å². The molecule has 2 aromatic carbocycles. The number of benzene rings is 2. The smallest absolute Gasteiger partial charge is 0.335 e. The molecule has 0 aliphatic heterocycles. The van der Waals surface area contributed by atoms with Crippen LogP contribution in [-0.4, -0.2) is 17.7 Å². The lowest BCUT2D eigenvalue weighted by atomic mass is 9.90. The highest BCUT2D eigenvalue weighted by Crippen LogP contribution is 2.33. The van der Waals surface area contributed by atoms with Crippen LogP contribution in [0.4, 0.5) is 0 Å². The second-order valence-electron chi connectivity index (χ2n) is 6.78. The molecule has 1 aliphatic carbocycles. The first kappa shape index (κ1) is 18.0. The van der Waals surface area contributed by atoms with Gasteiger partial charge in [-0.3, -0.25) is 4.79 Å². The summed E-state index contributed by atoms with van der Waals surface area (Å²) in [4.78, 5) is 24.2. The van der Waals surface area contributed by atoms with Crippen molar-refractivity contribution in [3.05, 3.63) is 75.1 Å². The van der Waals surface area contributed by atoms with Gasteiger partial charge in [-0.05, 0) is 73.7 Å². The van der Waals surface area contributed by atoms with Gasteiger partial charge in [0.15, 0.2) is 5.43 Å². The lowest BCUT2D eigenvalue weighted by Gasteiger charge is -2.18. The quantitative estimate of drug-likeness (QED) is 0.710. The molecule has 0 fully saturated rings. The van der Waals surface area contributed by atoms with Crippen molar-refractivity contribution >= 4 is 28.6 Å². The third kappa shape index (κ3) is 3.31. The molecule has 5 nitrogen and oxygen atoms in total. The number of aromatic carboxylic acids is 1. The van der Waals surface area contributed by atoms with Crippen molar-refractivity contribution in [2.75, 3.05) is 6.61 Å². The lowest BCUT2D eigenvalue weighted by Crippen LogP contribution is -2.16. The van der Waals surface area contributed by atoms with E-state index in [1.54, 1.807) is 6.07 Å².